The fourth-order valence-corrected chi connectivity index (χ4v) is 7.96. The largest absolute Gasteiger partial charge is 0.357 e. The van der Waals surface area contributed by atoms with Gasteiger partial charge < -0.3 is 9.80 Å². The lowest BCUT2D eigenvalue weighted by molar-refractivity contribution is 0.528. The highest BCUT2D eigenvalue weighted by Crippen LogP contribution is 2.50. The van der Waals surface area contributed by atoms with Crippen molar-refractivity contribution in [3.63, 3.8) is 0 Å². The van der Waals surface area contributed by atoms with Gasteiger partial charge in [-0.1, -0.05) is 124 Å². The molecule has 3 aromatic carbocycles. The minimum atomic E-state index is 0.278. The molecule has 6 unspecified atom stereocenters. The molecule has 2 aliphatic heterocycles. The predicted molar refractivity (Wildman–Crippen MR) is 183 cm³/mol. The predicted octanol–water partition coefficient (Wildman–Crippen LogP) is 9.75. The normalized spacial score (nSPS) is 27.7. The summed E-state index contributed by atoms with van der Waals surface area (Å²) in [6.45, 7) is 8.56. The molecule has 0 aromatic heterocycles. The zero-order valence-electron chi connectivity index (χ0n) is 24.9. The monoisotopic (exact) mass is 558 g/mol. The van der Waals surface area contributed by atoms with E-state index in [1.165, 1.54) is 39.3 Å². The maximum Gasteiger partial charge on any atom is 0.0629 e. The van der Waals surface area contributed by atoms with Crippen molar-refractivity contribution in [1.82, 2.24) is 0 Å². The zero-order chi connectivity index (χ0) is 29.1. The third-order valence-electron chi connectivity index (χ3n) is 10.1. The first-order chi connectivity index (χ1) is 21.1. The van der Waals surface area contributed by atoms with Crippen LogP contribution in [0.5, 0.6) is 0 Å². The second kappa shape index (κ2) is 10.3. The quantitative estimate of drug-likeness (QED) is 0.308. The van der Waals surface area contributed by atoms with Crippen molar-refractivity contribution in [3.05, 3.63) is 162 Å². The fourth-order valence-electron chi connectivity index (χ4n) is 7.96. The van der Waals surface area contributed by atoms with Crippen LogP contribution in [0.15, 0.2) is 140 Å². The van der Waals surface area contributed by atoms with Crippen LogP contribution >= 0.6 is 0 Å². The molecular formula is C41H38N2. The van der Waals surface area contributed by atoms with Gasteiger partial charge >= 0.3 is 0 Å². The Morgan fingerprint density at radius 1 is 0.721 bits per heavy atom. The Kier molecular flexibility index (Phi) is 6.26. The van der Waals surface area contributed by atoms with E-state index in [0.29, 0.717) is 35.8 Å². The van der Waals surface area contributed by atoms with Crippen molar-refractivity contribution in [1.29, 1.82) is 0 Å². The van der Waals surface area contributed by atoms with Crippen LogP contribution in [0.1, 0.15) is 47.9 Å². The summed E-state index contributed by atoms with van der Waals surface area (Å²) in [4.78, 5) is 5.16. The lowest BCUT2D eigenvalue weighted by atomic mass is 9.80. The Bertz CT molecular complexity index is 1780. The minimum absolute atomic E-state index is 0.278. The van der Waals surface area contributed by atoms with Crippen molar-refractivity contribution >= 4 is 28.7 Å². The summed E-state index contributed by atoms with van der Waals surface area (Å²) in [5.41, 5.74) is 10.4. The second-order valence-electron chi connectivity index (χ2n) is 12.8. The Balaban J connectivity index is 1.16. The molecule has 212 valence electrons. The van der Waals surface area contributed by atoms with Gasteiger partial charge in [-0.2, -0.15) is 0 Å². The molecule has 0 bridgehead atoms. The minimum Gasteiger partial charge on any atom is -0.357 e. The van der Waals surface area contributed by atoms with E-state index in [4.69, 9.17) is 0 Å². The molecule has 0 spiro atoms. The van der Waals surface area contributed by atoms with Crippen molar-refractivity contribution < 1.29 is 0 Å². The summed E-state index contributed by atoms with van der Waals surface area (Å²) in [5.74, 6) is 1.72. The fraction of sp³-hybridized carbons (Fsp3) is 0.220. The maximum atomic E-state index is 4.00. The third kappa shape index (κ3) is 4.23. The smallest absolute Gasteiger partial charge is 0.0629 e. The van der Waals surface area contributed by atoms with Crippen LogP contribution in [-0.2, 0) is 0 Å². The first-order valence-electron chi connectivity index (χ1n) is 15.7. The molecule has 43 heavy (non-hydrogen) atoms. The molecule has 5 aliphatic rings. The van der Waals surface area contributed by atoms with Gasteiger partial charge in [-0.25, -0.2) is 0 Å². The molecule has 2 heterocycles. The molecule has 1 fully saturated rings. The van der Waals surface area contributed by atoms with Crippen LogP contribution in [0.3, 0.4) is 0 Å². The van der Waals surface area contributed by atoms with Crippen LogP contribution in [0, 0.1) is 11.8 Å². The van der Waals surface area contributed by atoms with Gasteiger partial charge in [-0.05, 0) is 70.1 Å². The van der Waals surface area contributed by atoms with E-state index < -0.39 is 0 Å². The van der Waals surface area contributed by atoms with E-state index in [-0.39, 0.29) is 6.04 Å². The summed E-state index contributed by atoms with van der Waals surface area (Å²) >= 11 is 0. The van der Waals surface area contributed by atoms with E-state index in [1.807, 2.05) is 6.08 Å². The van der Waals surface area contributed by atoms with Crippen molar-refractivity contribution in [2.75, 3.05) is 9.80 Å². The van der Waals surface area contributed by atoms with E-state index >= 15 is 0 Å². The number of anilines is 3. The van der Waals surface area contributed by atoms with Gasteiger partial charge in [0.05, 0.1) is 18.1 Å². The molecule has 0 radical (unpaired) electrons. The van der Waals surface area contributed by atoms with Crippen LogP contribution in [0.25, 0.3) is 11.6 Å². The van der Waals surface area contributed by atoms with E-state index in [0.717, 1.165) is 5.56 Å². The maximum absolute atomic E-state index is 4.00. The Morgan fingerprint density at radius 3 is 2.35 bits per heavy atom. The molecule has 3 aromatic rings. The van der Waals surface area contributed by atoms with Gasteiger partial charge in [0.25, 0.3) is 0 Å². The molecule has 0 amide bonds. The number of allylic oxidation sites excluding steroid dienone is 6. The average molecular weight is 559 g/mol. The number of benzene rings is 3. The highest BCUT2D eigenvalue weighted by Gasteiger charge is 2.46. The molecule has 8 rings (SSSR count). The van der Waals surface area contributed by atoms with Gasteiger partial charge in [0.1, 0.15) is 0 Å². The zero-order valence-corrected chi connectivity index (χ0v) is 24.9. The van der Waals surface area contributed by atoms with Crippen molar-refractivity contribution in [3.8, 4) is 0 Å². The van der Waals surface area contributed by atoms with Gasteiger partial charge in [0, 0.05) is 34.8 Å². The molecule has 2 nitrogen and oxygen atoms in total. The number of nitrogens with zero attached hydrogens (tertiary/aromatic N) is 2. The second-order valence-corrected chi connectivity index (χ2v) is 12.8. The summed E-state index contributed by atoms with van der Waals surface area (Å²) in [5, 5.41) is 0. The highest BCUT2D eigenvalue weighted by molar-refractivity contribution is 5.82. The topological polar surface area (TPSA) is 6.48 Å². The molecule has 0 N–H and O–H groups in total. The first-order valence-corrected chi connectivity index (χ1v) is 15.7. The highest BCUT2D eigenvalue weighted by atomic mass is 15.2. The van der Waals surface area contributed by atoms with Crippen LogP contribution in [-0.4, -0.2) is 18.1 Å². The Hall–Kier alpha value is -4.56. The van der Waals surface area contributed by atoms with Gasteiger partial charge in [0.15, 0.2) is 0 Å². The molecule has 2 heteroatoms. The first kappa shape index (κ1) is 26.1. The summed E-state index contributed by atoms with van der Waals surface area (Å²) in [7, 11) is 0. The lowest BCUT2D eigenvalue weighted by Gasteiger charge is -2.33. The number of hydrogen-bond donors (Lipinski definition) is 0. The molecule has 0 saturated carbocycles. The van der Waals surface area contributed by atoms with Gasteiger partial charge in [-0.15, -0.1) is 0 Å². The number of rotatable bonds is 5. The lowest BCUT2D eigenvalue weighted by Crippen LogP contribution is -2.36. The van der Waals surface area contributed by atoms with Crippen molar-refractivity contribution in [2.45, 2.75) is 43.8 Å². The molecule has 3 aliphatic carbocycles. The standard InChI is InChI=1S/C41H38N2/c1-4-28-11-9-13-32(23-28)42-38-17-7-5-15-34(38)36-25-30(19-21-40(36)42)31-20-22-41-37(26-31)35-16-6-8-18-39(35)43(41)33-14-10-12-29(24-33)27(2)3/h4-27,34-35,37-39,41H,1H2,2-3H3. The Morgan fingerprint density at radius 2 is 1.49 bits per heavy atom. The van der Waals surface area contributed by atoms with E-state index in [9.17, 15) is 0 Å². The van der Waals surface area contributed by atoms with Gasteiger partial charge in [0.2, 0.25) is 0 Å². The molecule has 6 atom stereocenters. The van der Waals surface area contributed by atoms with Crippen LogP contribution in [0.2, 0.25) is 0 Å². The summed E-state index contributed by atoms with van der Waals surface area (Å²) < 4.78 is 0. The average Bonchev–Trinajstić information content (AvgIpc) is 3.57. The SMILES string of the molecule is C=Cc1cccc(N2c3ccc(C4=CC5C6C=CC=CC6N(c6cccc(C(C)C)c6)C5C=C4)cc3C3C=CC=CC32)c1. The van der Waals surface area contributed by atoms with Crippen LogP contribution < -0.4 is 9.80 Å². The number of fused-ring (bicyclic) bond motifs is 6. The Labute approximate surface area is 256 Å². The van der Waals surface area contributed by atoms with E-state index in [2.05, 4.69) is 164 Å². The molecular weight excluding hydrogens is 520 g/mol. The van der Waals surface area contributed by atoms with Crippen molar-refractivity contribution in [2.24, 2.45) is 11.8 Å². The third-order valence-corrected chi connectivity index (χ3v) is 10.1. The van der Waals surface area contributed by atoms with Crippen LogP contribution in [0.4, 0.5) is 17.1 Å². The van der Waals surface area contributed by atoms with Gasteiger partial charge in [-0.3, -0.25) is 0 Å². The molecule has 1 saturated heterocycles. The number of hydrogen-bond acceptors (Lipinski definition) is 2. The summed E-state index contributed by atoms with van der Waals surface area (Å²) in [6, 6.07) is 26.0. The van der Waals surface area contributed by atoms with E-state index in [1.54, 1.807) is 0 Å². The summed E-state index contributed by atoms with van der Waals surface area (Å²) in [6.07, 6.45) is 27.8.